The molecule has 1 saturated carbocycles. The number of fused-ring (bicyclic) bond motifs is 1. The molecule has 6 nitrogen and oxygen atoms in total. The average Bonchev–Trinajstić information content (AvgIpc) is 3.12. The van der Waals surface area contributed by atoms with E-state index >= 15 is 0 Å². The molecule has 1 amide bonds. The van der Waals surface area contributed by atoms with E-state index in [1.807, 2.05) is 30.3 Å². The standard InChI is InChI=1S/C20H22N2O4/c23-20(11-14-7-9-21-10-8-14)22-15-1-3-16(4-2-15)26-17-5-6-18-19(12-17)25-13-24-18/h5-10,12,15-16H,1-4,11,13H2,(H,22,23). The molecule has 1 N–H and O–H groups in total. The minimum Gasteiger partial charge on any atom is -0.490 e. The van der Waals surface area contributed by atoms with Crippen LogP contribution < -0.4 is 19.5 Å². The molecule has 26 heavy (non-hydrogen) atoms. The zero-order valence-electron chi connectivity index (χ0n) is 14.5. The van der Waals surface area contributed by atoms with Crippen molar-refractivity contribution in [2.45, 2.75) is 44.2 Å². The molecule has 0 spiro atoms. The molecule has 0 bridgehead atoms. The number of rotatable bonds is 5. The normalized spacial score (nSPS) is 21.2. The zero-order chi connectivity index (χ0) is 17.8. The lowest BCUT2D eigenvalue weighted by Gasteiger charge is -2.29. The van der Waals surface area contributed by atoms with Crippen LogP contribution in [0.25, 0.3) is 0 Å². The van der Waals surface area contributed by atoms with Gasteiger partial charge in [-0.05, 0) is 55.5 Å². The van der Waals surface area contributed by atoms with Gasteiger partial charge in [-0.2, -0.15) is 0 Å². The van der Waals surface area contributed by atoms with Gasteiger partial charge in [-0.3, -0.25) is 9.78 Å². The third-order valence-electron chi connectivity index (χ3n) is 4.80. The average molecular weight is 354 g/mol. The maximum atomic E-state index is 12.2. The van der Waals surface area contributed by atoms with Gasteiger partial charge in [-0.25, -0.2) is 0 Å². The zero-order valence-corrected chi connectivity index (χ0v) is 14.5. The number of pyridine rings is 1. The first kappa shape index (κ1) is 16.7. The minimum atomic E-state index is 0.0661. The van der Waals surface area contributed by atoms with E-state index in [1.165, 1.54) is 0 Å². The summed E-state index contributed by atoms with van der Waals surface area (Å²) in [5.74, 6) is 2.37. The Hall–Kier alpha value is -2.76. The van der Waals surface area contributed by atoms with Crippen molar-refractivity contribution in [3.8, 4) is 17.2 Å². The highest BCUT2D eigenvalue weighted by atomic mass is 16.7. The molecule has 4 rings (SSSR count). The molecule has 1 aromatic carbocycles. The first-order chi connectivity index (χ1) is 12.8. The predicted octanol–water partition coefficient (Wildman–Crippen LogP) is 2.86. The highest BCUT2D eigenvalue weighted by molar-refractivity contribution is 5.78. The summed E-state index contributed by atoms with van der Waals surface area (Å²) < 4.78 is 16.8. The second-order valence-corrected chi connectivity index (χ2v) is 6.71. The SMILES string of the molecule is O=C(Cc1ccncc1)NC1CCC(Oc2ccc3c(c2)OCO3)CC1. The number of aromatic nitrogens is 1. The first-order valence-corrected chi connectivity index (χ1v) is 9.01. The number of ether oxygens (including phenoxy) is 3. The Balaban J connectivity index is 1.23. The van der Waals surface area contributed by atoms with Gasteiger partial charge in [-0.15, -0.1) is 0 Å². The molecule has 0 saturated heterocycles. The topological polar surface area (TPSA) is 69.7 Å². The van der Waals surface area contributed by atoms with E-state index in [2.05, 4.69) is 10.3 Å². The molecular formula is C20H22N2O4. The van der Waals surface area contributed by atoms with Crippen LogP contribution >= 0.6 is 0 Å². The van der Waals surface area contributed by atoms with Crippen LogP contribution in [0.1, 0.15) is 31.2 Å². The quantitative estimate of drug-likeness (QED) is 0.894. The number of hydrogen-bond acceptors (Lipinski definition) is 5. The third kappa shape index (κ3) is 4.07. The van der Waals surface area contributed by atoms with Crippen LogP contribution in [0.5, 0.6) is 17.2 Å². The summed E-state index contributed by atoms with van der Waals surface area (Å²) in [4.78, 5) is 16.1. The van der Waals surface area contributed by atoms with Crippen molar-refractivity contribution < 1.29 is 19.0 Å². The van der Waals surface area contributed by atoms with Crippen LogP contribution in [-0.4, -0.2) is 29.8 Å². The van der Waals surface area contributed by atoms with Gasteiger partial charge in [0, 0.05) is 24.5 Å². The Kier molecular flexibility index (Phi) is 4.91. The Morgan fingerprint density at radius 2 is 1.85 bits per heavy atom. The molecule has 1 aromatic heterocycles. The lowest BCUT2D eigenvalue weighted by molar-refractivity contribution is -0.121. The summed E-state index contributed by atoms with van der Waals surface area (Å²) >= 11 is 0. The van der Waals surface area contributed by atoms with Gasteiger partial charge in [0.05, 0.1) is 12.5 Å². The van der Waals surface area contributed by atoms with E-state index in [4.69, 9.17) is 14.2 Å². The Bertz CT molecular complexity index is 758. The molecular weight excluding hydrogens is 332 g/mol. The molecule has 136 valence electrons. The molecule has 2 aromatic rings. The summed E-state index contributed by atoms with van der Waals surface area (Å²) in [6, 6.07) is 9.63. The van der Waals surface area contributed by atoms with Crippen LogP contribution in [0.3, 0.4) is 0 Å². The van der Waals surface area contributed by atoms with Crippen molar-refractivity contribution in [1.29, 1.82) is 0 Å². The van der Waals surface area contributed by atoms with E-state index in [1.54, 1.807) is 12.4 Å². The molecule has 2 aliphatic rings. The molecule has 0 atom stereocenters. The number of nitrogens with zero attached hydrogens (tertiary/aromatic N) is 1. The summed E-state index contributed by atoms with van der Waals surface area (Å²) in [6.07, 6.45) is 7.69. The predicted molar refractivity (Wildman–Crippen MR) is 95.3 cm³/mol. The fraction of sp³-hybridized carbons (Fsp3) is 0.400. The van der Waals surface area contributed by atoms with Crippen molar-refractivity contribution in [3.05, 3.63) is 48.3 Å². The second kappa shape index (κ2) is 7.64. The summed E-state index contributed by atoms with van der Waals surface area (Å²) in [5.41, 5.74) is 0.984. The maximum absolute atomic E-state index is 12.2. The summed E-state index contributed by atoms with van der Waals surface area (Å²) in [6.45, 7) is 0.267. The van der Waals surface area contributed by atoms with Gasteiger partial charge in [0.1, 0.15) is 5.75 Å². The van der Waals surface area contributed by atoms with Crippen molar-refractivity contribution in [2.24, 2.45) is 0 Å². The van der Waals surface area contributed by atoms with Crippen molar-refractivity contribution in [3.63, 3.8) is 0 Å². The van der Waals surface area contributed by atoms with E-state index < -0.39 is 0 Å². The van der Waals surface area contributed by atoms with E-state index in [0.717, 1.165) is 48.5 Å². The van der Waals surface area contributed by atoms with Gasteiger partial charge < -0.3 is 19.5 Å². The van der Waals surface area contributed by atoms with Gasteiger partial charge in [0.25, 0.3) is 0 Å². The summed E-state index contributed by atoms with van der Waals surface area (Å²) in [5, 5.41) is 3.13. The molecule has 2 heterocycles. The number of carbonyl (C=O) groups is 1. The van der Waals surface area contributed by atoms with E-state index in [-0.39, 0.29) is 24.8 Å². The Labute approximate surface area is 152 Å². The lowest BCUT2D eigenvalue weighted by Crippen LogP contribution is -2.40. The van der Waals surface area contributed by atoms with E-state index in [0.29, 0.717) is 6.42 Å². The molecule has 1 aliphatic heterocycles. The van der Waals surface area contributed by atoms with Gasteiger partial charge in [0.15, 0.2) is 11.5 Å². The Morgan fingerprint density at radius 1 is 1.08 bits per heavy atom. The maximum Gasteiger partial charge on any atom is 0.231 e. The molecule has 1 fully saturated rings. The first-order valence-electron chi connectivity index (χ1n) is 9.01. The van der Waals surface area contributed by atoms with Crippen LogP contribution in [0.2, 0.25) is 0 Å². The monoisotopic (exact) mass is 354 g/mol. The van der Waals surface area contributed by atoms with Crippen LogP contribution in [0, 0.1) is 0 Å². The molecule has 0 radical (unpaired) electrons. The number of amides is 1. The van der Waals surface area contributed by atoms with Crippen molar-refractivity contribution in [1.82, 2.24) is 10.3 Å². The number of hydrogen-bond donors (Lipinski definition) is 1. The highest BCUT2D eigenvalue weighted by Gasteiger charge is 2.24. The van der Waals surface area contributed by atoms with Crippen molar-refractivity contribution in [2.75, 3.05) is 6.79 Å². The minimum absolute atomic E-state index is 0.0661. The molecule has 0 unspecified atom stereocenters. The second-order valence-electron chi connectivity index (χ2n) is 6.71. The fourth-order valence-electron chi connectivity index (χ4n) is 3.43. The molecule has 1 aliphatic carbocycles. The van der Waals surface area contributed by atoms with Gasteiger partial charge >= 0.3 is 0 Å². The third-order valence-corrected chi connectivity index (χ3v) is 4.80. The van der Waals surface area contributed by atoms with Crippen LogP contribution in [0.15, 0.2) is 42.7 Å². The molecule has 6 heteroatoms. The Morgan fingerprint density at radius 3 is 2.65 bits per heavy atom. The summed E-state index contributed by atoms with van der Waals surface area (Å²) in [7, 11) is 0. The number of benzene rings is 1. The number of carbonyl (C=O) groups excluding carboxylic acids is 1. The fourth-order valence-corrected chi connectivity index (χ4v) is 3.43. The lowest BCUT2D eigenvalue weighted by atomic mass is 9.92. The number of nitrogens with one attached hydrogen (secondary N) is 1. The largest absolute Gasteiger partial charge is 0.490 e. The van der Waals surface area contributed by atoms with Crippen LogP contribution in [0.4, 0.5) is 0 Å². The highest BCUT2D eigenvalue weighted by Crippen LogP contribution is 2.36. The van der Waals surface area contributed by atoms with E-state index in [9.17, 15) is 4.79 Å². The van der Waals surface area contributed by atoms with Crippen molar-refractivity contribution >= 4 is 5.91 Å². The smallest absolute Gasteiger partial charge is 0.231 e. The van der Waals surface area contributed by atoms with Gasteiger partial charge in [0.2, 0.25) is 12.7 Å². The van der Waals surface area contributed by atoms with Gasteiger partial charge in [-0.1, -0.05) is 0 Å². The van der Waals surface area contributed by atoms with Crippen LogP contribution in [-0.2, 0) is 11.2 Å².